The van der Waals surface area contributed by atoms with Gasteiger partial charge in [0.1, 0.15) is 11.9 Å². The first kappa shape index (κ1) is 12.4. The zero-order valence-corrected chi connectivity index (χ0v) is 11.6. The topological polar surface area (TPSA) is 45.2 Å². The van der Waals surface area contributed by atoms with Crippen LogP contribution in [0.1, 0.15) is 18.4 Å². The van der Waals surface area contributed by atoms with Crippen LogP contribution in [0, 0.1) is 6.92 Å². The Bertz CT molecular complexity index is 436. The summed E-state index contributed by atoms with van der Waals surface area (Å²) in [5, 5.41) is 2.71. The van der Waals surface area contributed by atoms with Gasteiger partial charge < -0.3 is 10.2 Å². The lowest BCUT2D eigenvalue weighted by atomic mass is 10.2. The van der Waals surface area contributed by atoms with Crippen LogP contribution < -0.4 is 10.2 Å². The normalized spacial score (nSPS) is 19.5. The first-order valence-corrected chi connectivity index (χ1v) is 6.53. The second-order valence-electron chi connectivity index (χ2n) is 4.28. The van der Waals surface area contributed by atoms with E-state index in [4.69, 9.17) is 0 Å². The van der Waals surface area contributed by atoms with Crippen molar-refractivity contribution in [3.05, 3.63) is 22.3 Å². The number of aryl methyl sites for hydroxylation is 1. The fraction of sp³-hybridized carbons (Fsp3) is 0.500. The summed E-state index contributed by atoms with van der Waals surface area (Å²) < 4.78 is 0.952. The van der Waals surface area contributed by atoms with Gasteiger partial charge in [0.05, 0.1) is 4.47 Å². The molecule has 2 heterocycles. The number of anilines is 1. The lowest BCUT2D eigenvalue weighted by molar-refractivity contribution is -0.121. The number of carbonyl (C=O) groups excluding carboxylic acids is 1. The monoisotopic (exact) mass is 297 g/mol. The number of rotatable bonds is 2. The number of nitrogens with one attached hydrogen (secondary N) is 1. The second kappa shape index (κ2) is 5.04. The molecule has 1 aromatic rings. The largest absolute Gasteiger partial charge is 0.357 e. The average molecular weight is 298 g/mol. The van der Waals surface area contributed by atoms with E-state index >= 15 is 0 Å². The third-order valence-corrected chi connectivity index (χ3v) is 3.62. The highest BCUT2D eigenvalue weighted by Crippen LogP contribution is 2.30. The minimum absolute atomic E-state index is 0.0665. The van der Waals surface area contributed by atoms with E-state index in [0.717, 1.165) is 35.2 Å². The molecule has 1 aliphatic heterocycles. The van der Waals surface area contributed by atoms with Gasteiger partial charge in [-0.2, -0.15) is 0 Å². The molecule has 1 atom stereocenters. The van der Waals surface area contributed by atoms with E-state index < -0.39 is 0 Å². The fourth-order valence-corrected chi connectivity index (χ4v) is 2.89. The Hall–Kier alpha value is -1.10. The highest BCUT2D eigenvalue weighted by atomic mass is 79.9. The van der Waals surface area contributed by atoms with Gasteiger partial charge in [-0.1, -0.05) is 0 Å². The van der Waals surface area contributed by atoms with Crippen molar-refractivity contribution in [3.8, 4) is 0 Å². The second-order valence-corrected chi connectivity index (χ2v) is 5.14. The third kappa shape index (κ3) is 2.44. The van der Waals surface area contributed by atoms with E-state index in [2.05, 4.69) is 31.1 Å². The maximum absolute atomic E-state index is 11.8. The van der Waals surface area contributed by atoms with Crippen LogP contribution in [-0.2, 0) is 4.79 Å². The Morgan fingerprint density at radius 2 is 2.41 bits per heavy atom. The number of hydrogen-bond acceptors (Lipinski definition) is 3. The van der Waals surface area contributed by atoms with Crippen LogP contribution in [0.2, 0.25) is 0 Å². The van der Waals surface area contributed by atoms with Crippen LogP contribution >= 0.6 is 15.9 Å². The number of halogens is 1. The van der Waals surface area contributed by atoms with E-state index in [1.54, 1.807) is 7.05 Å². The number of pyridine rings is 1. The van der Waals surface area contributed by atoms with Crippen molar-refractivity contribution in [2.45, 2.75) is 25.8 Å². The SMILES string of the molecule is CNC(=O)C1CCCN1c1ncc(C)cc1Br. The van der Waals surface area contributed by atoms with Gasteiger partial charge in [0, 0.05) is 19.8 Å². The van der Waals surface area contributed by atoms with E-state index in [1.165, 1.54) is 0 Å². The molecule has 1 fully saturated rings. The number of aromatic nitrogens is 1. The number of amides is 1. The maximum Gasteiger partial charge on any atom is 0.242 e. The van der Waals surface area contributed by atoms with Crippen LogP contribution in [-0.4, -0.2) is 30.5 Å². The molecular formula is C12H16BrN3O. The third-order valence-electron chi connectivity index (χ3n) is 3.03. The zero-order valence-electron chi connectivity index (χ0n) is 10.0. The minimum Gasteiger partial charge on any atom is -0.357 e. The van der Waals surface area contributed by atoms with Crippen LogP contribution in [0.3, 0.4) is 0 Å². The van der Waals surface area contributed by atoms with Crippen molar-refractivity contribution in [1.82, 2.24) is 10.3 Å². The molecule has 92 valence electrons. The fourth-order valence-electron chi connectivity index (χ4n) is 2.20. The molecule has 0 bridgehead atoms. The van der Waals surface area contributed by atoms with E-state index in [9.17, 15) is 4.79 Å². The predicted octanol–water partition coefficient (Wildman–Crippen LogP) is 1.87. The summed E-state index contributed by atoms with van der Waals surface area (Å²) in [6.45, 7) is 2.88. The standard InChI is InChI=1S/C12H16BrN3O/c1-8-6-9(13)11(15-7-8)16-5-3-4-10(16)12(17)14-2/h6-7,10H,3-5H2,1-2H3,(H,14,17). The van der Waals surface area contributed by atoms with Gasteiger partial charge in [0.15, 0.2) is 0 Å². The molecule has 0 spiro atoms. The van der Waals surface area contributed by atoms with Gasteiger partial charge in [-0.3, -0.25) is 4.79 Å². The maximum atomic E-state index is 11.8. The van der Waals surface area contributed by atoms with Crippen LogP contribution in [0.5, 0.6) is 0 Å². The molecule has 0 radical (unpaired) electrons. The van der Waals surface area contributed by atoms with Gasteiger partial charge in [-0.25, -0.2) is 4.98 Å². The molecule has 4 nitrogen and oxygen atoms in total. The van der Waals surface area contributed by atoms with Crippen LogP contribution in [0.4, 0.5) is 5.82 Å². The van der Waals surface area contributed by atoms with Crippen LogP contribution in [0.25, 0.3) is 0 Å². The highest BCUT2D eigenvalue weighted by molar-refractivity contribution is 9.10. The van der Waals surface area contributed by atoms with Crippen molar-refractivity contribution >= 4 is 27.7 Å². The molecule has 0 aliphatic carbocycles. The van der Waals surface area contributed by atoms with Crippen molar-refractivity contribution in [3.63, 3.8) is 0 Å². The quantitative estimate of drug-likeness (QED) is 0.906. The molecule has 1 aliphatic rings. The van der Waals surface area contributed by atoms with Gasteiger partial charge in [0.25, 0.3) is 0 Å². The average Bonchev–Trinajstić information content (AvgIpc) is 2.77. The molecular weight excluding hydrogens is 282 g/mol. The molecule has 1 aromatic heterocycles. The number of likely N-dealkylation sites (N-methyl/N-ethyl adjacent to an activating group) is 1. The van der Waals surface area contributed by atoms with Gasteiger partial charge in [0.2, 0.25) is 5.91 Å². The molecule has 0 saturated carbocycles. The molecule has 0 aromatic carbocycles. The summed E-state index contributed by atoms with van der Waals surface area (Å²) in [5.41, 5.74) is 1.11. The molecule has 1 N–H and O–H groups in total. The summed E-state index contributed by atoms with van der Waals surface area (Å²) >= 11 is 3.52. The van der Waals surface area contributed by atoms with Crippen molar-refractivity contribution in [2.24, 2.45) is 0 Å². The van der Waals surface area contributed by atoms with E-state index in [0.29, 0.717) is 0 Å². The lowest BCUT2D eigenvalue weighted by Crippen LogP contribution is -2.42. The zero-order chi connectivity index (χ0) is 12.4. The Balaban J connectivity index is 2.29. The lowest BCUT2D eigenvalue weighted by Gasteiger charge is -2.25. The molecule has 2 rings (SSSR count). The first-order valence-electron chi connectivity index (χ1n) is 5.74. The van der Waals surface area contributed by atoms with E-state index in [-0.39, 0.29) is 11.9 Å². The Labute approximate surface area is 110 Å². The summed E-state index contributed by atoms with van der Waals surface area (Å²) in [6, 6.07) is 1.94. The molecule has 1 unspecified atom stereocenters. The Kier molecular flexibility index (Phi) is 3.66. The predicted molar refractivity (Wildman–Crippen MR) is 71.1 cm³/mol. The number of carbonyl (C=O) groups is 1. The van der Waals surface area contributed by atoms with Crippen molar-refractivity contribution < 1.29 is 4.79 Å². The molecule has 1 saturated heterocycles. The van der Waals surface area contributed by atoms with Crippen LogP contribution in [0.15, 0.2) is 16.7 Å². The molecule has 17 heavy (non-hydrogen) atoms. The Morgan fingerprint density at radius 3 is 3.06 bits per heavy atom. The number of nitrogens with zero attached hydrogens (tertiary/aromatic N) is 2. The van der Waals surface area contributed by atoms with Gasteiger partial charge in [-0.15, -0.1) is 0 Å². The highest BCUT2D eigenvalue weighted by Gasteiger charge is 2.31. The summed E-state index contributed by atoms with van der Waals surface area (Å²) in [4.78, 5) is 18.3. The molecule has 5 heteroatoms. The Morgan fingerprint density at radius 1 is 1.65 bits per heavy atom. The van der Waals surface area contributed by atoms with Crippen molar-refractivity contribution in [1.29, 1.82) is 0 Å². The van der Waals surface area contributed by atoms with Gasteiger partial charge >= 0.3 is 0 Å². The smallest absolute Gasteiger partial charge is 0.242 e. The van der Waals surface area contributed by atoms with Crippen molar-refractivity contribution in [2.75, 3.05) is 18.5 Å². The summed E-state index contributed by atoms with van der Waals surface area (Å²) in [5.74, 6) is 0.929. The summed E-state index contributed by atoms with van der Waals surface area (Å²) in [6.07, 6.45) is 3.75. The minimum atomic E-state index is -0.0912. The van der Waals surface area contributed by atoms with E-state index in [1.807, 2.05) is 19.2 Å². The molecule has 1 amide bonds. The summed E-state index contributed by atoms with van der Waals surface area (Å²) in [7, 11) is 1.68. The first-order chi connectivity index (χ1) is 8.13. The van der Waals surface area contributed by atoms with Gasteiger partial charge in [-0.05, 0) is 47.3 Å². The number of hydrogen-bond donors (Lipinski definition) is 1.